The number of urea groups is 1. The Morgan fingerprint density at radius 3 is 2.58 bits per heavy atom. The SMILES string of the molecule is CC(C)(C)OC(=O)NCC(=O)C1CCCC(N2CC(C(=O)O)NC2=O)C1. The van der Waals surface area contributed by atoms with E-state index in [9.17, 15) is 19.2 Å². The van der Waals surface area contributed by atoms with Crippen molar-refractivity contribution in [3.8, 4) is 0 Å². The Kier molecular flexibility index (Phi) is 6.09. The number of nitrogens with zero attached hydrogens (tertiary/aromatic N) is 1. The number of ketones is 1. The molecule has 0 bridgehead atoms. The van der Waals surface area contributed by atoms with Crippen LogP contribution in [-0.2, 0) is 14.3 Å². The summed E-state index contributed by atoms with van der Waals surface area (Å²) in [5.41, 5.74) is -0.632. The Morgan fingerprint density at radius 1 is 1.31 bits per heavy atom. The van der Waals surface area contributed by atoms with Crippen LogP contribution in [0.3, 0.4) is 0 Å². The Labute approximate surface area is 152 Å². The number of nitrogens with one attached hydrogen (secondary N) is 2. The highest BCUT2D eigenvalue weighted by Gasteiger charge is 2.40. The van der Waals surface area contributed by atoms with E-state index in [0.717, 1.165) is 12.8 Å². The number of carboxylic acid groups (broad SMARTS) is 1. The van der Waals surface area contributed by atoms with Gasteiger partial charge in [-0.3, -0.25) is 4.79 Å². The summed E-state index contributed by atoms with van der Waals surface area (Å²) >= 11 is 0. The summed E-state index contributed by atoms with van der Waals surface area (Å²) in [4.78, 5) is 48.6. The minimum Gasteiger partial charge on any atom is -0.480 e. The summed E-state index contributed by atoms with van der Waals surface area (Å²) in [7, 11) is 0. The maximum absolute atomic E-state index is 12.4. The highest BCUT2D eigenvalue weighted by molar-refractivity contribution is 5.87. The first-order valence-corrected chi connectivity index (χ1v) is 8.86. The van der Waals surface area contributed by atoms with Gasteiger partial charge in [-0.25, -0.2) is 14.4 Å². The minimum atomic E-state index is -1.06. The smallest absolute Gasteiger partial charge is 0.408 e. The van der Waals surface area contributed by atoms with Gasteiger partial charge in [0.25, 0.3) is 0 Å². The van der Waals surface area contributed by atoms with Gasteiger partial charge in [-0.05, 0) is 40.0 Å². The fraction of sp³-hybridized carbons (Fsp3) is 0.765. The number of amides is 3. The number of alkyl carbamates (subject to hydrolysis) is 1. The molecule has 1 saturated carbocycles. The number of carboxylic acids is 1. The second kappa shape index (κ2) is 7.92. The van der Waals surface area contributed by atoms with Crippen molar-refractivity contribution in [2.75, 3.05) is 13.1 Å². The molecule has 0 aromatic heterocycles. The predicted molar refractivity (Wildman–Crippen MR) is 91.7 cm³/mol. The fourth-order valence-electron chi connectivity index (χ4n) is 3.37. The molecule has 2 rings (SSSR count). The van der Waals surface area contributed by atoms with Crippen LogP contribution < -0.4 is 10.6 Å². The number of Topliss-reactive ketones (excluding diaryl/α,β-unsaturated/α-hetero) is 1. The van der Waals surface area contributed by atoms with Gasteiger partial charge in [0.05, 0.1) is 13.1 Å². The lowest BCUT2D eigenvalue weighted by molar-refractivity contribution is -0.138. The topological polar surface area (TPSA) is 125 Å². The van der Waals surface area contributed by atoms with Crippen LogP contribution in [0.5, 0.6) is 0 Å². The number of ether oxygens (including phenoxy) is 1. The molecular formula is C17H27N3O6. The van der Waals surface area contributed by atoms with Crippen molar-refractivity contribution in [2.45, 2.75) is 64.1 Å². The lowest BCUT2D eigenvalue weighted by Gasteiger charge is -2.34. The summed E-state index contributed by atoms with van der Waals surface area (Å²) < 4.78 is 5.11. The normalized spacial score (nSPS) is 26.2. The zero-order chi connectivity index (χ0) is 19.5. The first kappa shape index (κ1) is 20.0. The van der Waals surface area contributed by atoms with E-state index < -0.39 is 29.7 Å². The van der Waals surface area contributed by atoms with E-state index in [1.807, 2.05) is 0 Å². The molecule has 26 heavy (non-hydrogen) atoms. The van der Waals surface area contributed by atoms with Crippen molar-refractivity contribution < 1.29 is 29.0 Å². The van der Waals surface area contributed by atoms with Crippen LogP contribution in [0.15, 0.2) is 0 Å². The molecule has 1 heterocycles. The molecule has 0 aromatic carbocycles. The summed E-state index contributed by atoms with van der Waals surface area (Å²) in [6.07, 6.45) is 2.05. The Balaban J connectivity index is 1.86. The van der Waals surface area contributed by atoms with E-state index in [1.165, 1.54) is 4.90 Å². The van der Waals surface area contributed by atoms with Crippen LogP contribution in [0.4, 0.5) is 9.59 Å². The maximum Gasteiger partial charge on any atom is 0.408 e. The first-order valence-electron chi connectivity index (χ1n) is 8.86. The molecule has 1 aliphatic heterocycles. The van der Waals surface area contributed by atoms with E-state index >= 15 is 0 Å². The van der Waals surface area contributed by atoms with Crippen LogP contribution in [0.1, 0.15) is 46.5 Å². The van der Waals surface area contributed by atoms with Gasteiger partial charge < -0.3 is 25.4 Å². The van der Waals surface area contributed by atoms with Crippen molar-refractivity contribution in [1.29, 1.82) is 0 Å². The zero-order valence-corrected chi connectivity index (χ0v) is 15.4. The molecule has 2 aliphatic rings. The first-order chi connectivity index (χ1) is 12.1. The monoisotopic (exact) mass is 369 g/mol. The molecule has 3 N–H and O–H groups in total. The third-order valence-electron chi connectivity index (χ3n) is 4.58. The fourth-order valence-corrected chi connectivity index (χ4v) is 3.37. The van der Waals surface area contributed by atoms with E-state index in [1.54, 1.807) is 20.8 Å². The van der Waals surface area contributed by atoms with Gasteiger partial charge in [0.1, 0.15) is 11.6 Å². The Bertz CT molecular complexity index is 586. The molecule has 9 nitrogen and oxygen atoms in total. The lowest BCUT2D eigenvalue weighted by Crippen LogP contribution is -2.44. The van der Waals surface area contributed by atoms with Gasteiger partial charge >= 0.3 is 18.1 Å². The van der Waals surface area contributed by atoms with E-state index in [4.69, 9.17) is 9.84 Å². The van der Waals surface area contributed by atoms with Crippen molar-refractivity contribution >= 4 is 23.9 Å². The van der Waals surface area contributed by atoms with Gasteiger partial charge in [0, 0.05) is 12.0 Å². The minimum absolute atomic E-state index is 0.102. The van der Waals surface area contributed by atoms with Crippen molar-refractivity contribution in [1.82, 2.24) is 15.5 Å². The van der Waals surface area contributed by atoms with Crippen LogP contribution >= 0.6 is 0 Å². The number of carbonyl (C=O) groups excluding carboxylic acids is 3. The third-order valence-corrected chi connectivity index (χ3v) is 4.58. The van der Waals surface area contributed by atoms with Crippen molar-refractivity contribution in [3.63, 3.8) is 0 Å². The van der Waals surface area contributed by atoms with Crippen LogP contribution in [0.25, 0.3) is 0 Å². The number of rotatable bonds is 5. The molecule has 2 fully saturated rings. The van der Waals surface area contributed by atoms with Gasteiger partial charge in [-0.15, -0.1) is 0 Å². The van der Waals surface area contributed by atoms with Crippen molar-refractivity contribution in [3.05, 3.63) is 0 Å². The lowest BCUT2D eigenvalue weighted by atomic mass is 9.82. The highest BCUT2D eigenvalue weighted by atomic mass is 16.6. The molecule has 9 heteroatoms. The Morgan fingerprint density at radius 2 is 2.00 bits per heavy atom. The Hall–Kier alpha value is -2.32. The summed E-state index contributed by atoms with van der Waals surface area (Å²) in [6.45, 7) is 5.22. The summed E-state index contributed by atoms with van der Waals surface area (Å²) in [5.74, 6) is -1.43. The van der Waals surface area contributed by atoms with E-state index in [0.29, 0.717) is 12.8 Å². The molecule has 1 saturated heterocycles. The molecule has 1 aliphatic carbocycles. The average molecular weight is 369 g/mol. The molecule has 146 valence electrons. The number of carbonyl (C=O) groups is 4. The molecule has 0 radical (unpaired) electrons. The quantitative estimate of drug-likeness (QED) is 0.667. The standard InChI is InChI=1S/C17H27N3O6/c1-17(2,3)26-16(25)18-8-13(21)10-5-4-6-11(7-10)20-9-12(14(22)23)19-15(20)24/h10-12H,4-9H2,1-3H3,(H,18,25)(H,19,24)(H,22,23). The zero-order valence-electron chi connectivity index (χ0n) is 15.4. The van der Waals surface area contributed by atoms with Gasteiger partial charge in [0.2, 0.25) is 0 Å². The van der Waals surface area contributed by atoms with Gasteiger partial charge in [-0.1, -0.05) is 6.42 Å². The number of hydrogen-bond donors (Lipinski definition) is 3. The largest absolute Gasteiger partial charge is 0.480 e. The molecule has 3 amide bonds. The van der Waals surface area contributed by atoms with E-state index in [-0.39, 0.29) is 30.8 Å². The second-order valence-corrected chi connectivity index (χ2v) is 7.83. The second-order valence-electron chi connectivity index (χ2n) is 7.83. The van der Waals surface area contributed by atoms with Crippen LogP contribution in [0.2, 0.25) is 0 Å². The number of aliphatic carboxylic acids is 1. The van der Waals surface area contributed by atoms with Gasteiger partial charge in [0.15, 0.2) is 5.78 Å². The maximum atomic E-state index is 12.4. The molecular weight excluding hydrogens is 342 g/mol. The van der Waals surface area contributed by atoms with Crippen LogP contribution in [0, 0.1) is 5.92 Å². The van der Waals surface area contributed by atoms with Crippen molar-refractivity contribution in [2.24, 2.45) is 5.92 Å². The molecule has 3 atom stereocenters. The molecule has 3 unspecified atom stereocenters. The molecule has 0 aromatic rings. The third kappa shape index (κ3) is 5.34. The summed E-state index contributed by atoms with van der Waals surface area (Å²) in [5, 5.41) is 13.9. The van der Waals surface area contributed by atoms with E-state index in [2.05, 4.69) is 10.6 Å². The van der Waals surface area contributed by atoms with Gasteiger partial charge in [-0.2, -0.15) is 0 Å². The van der Waals surface area contributed by atoms with Crippen LogP contribution in [-0.4, -0.2) is 64.7 Å². The molecule has 0 spiro atoms. The predicted octanol–water partition coefficient (Wildman–Crippen LogP) is 1.12. The average Bonchev–Trinajstić information content (AvgIpc) is 2.93. The summed E-state index contributed by atoms with van der Waals surface area (Å²) in [6, 6.07) is -1.47. The number of hydrogen-bond acceptors (Lipinski definition) is 5. The highest BCUT2D eigenvalue weighted by Crippen LogP contribution is 2.29.